The Morgan fingerprint density at radius 3 is 2.40 bits per heavy atom. The fourth-order valence-corrected chi connectivity index (χ4v) is 5.10. The smallest absolute Gasteiger partial charge is 0.108 e. The highest BCUT2D eigenvalue weighted by Crippen LogP contribution is 2.50. The first-order valence-electron chi connectivity index (χ1n) is 8.52. The molecule has 0 N–H and O–H groups in total. The minimum Gasteiger partial charge on any atom is -0.252 e. The molecule has 0 atom stereocenters. The van der Waals surface area contributed by atoms with Crippen molar-refractivity contribution in [2.45, 2.75) is 26.2 Å². The molecule has 0 aliphatic heterocycles. The average molecular weight is 342 g/mol. The highest BCUT2D eigenvalue weighted by molar-refractivity contribution is 7.17. The van der Waals surface area contributed by atoms with Crippen LogP contribution in [0.1, 0.15) is 29.9 Å². The molecular formula is C22H18N2S. The van der Waals surface area contributed by atoms with E-state index in [1.807, 2.05) is 0 Å². The molecule has 25 heavy (non-hydrogen) atoms. The van der Waals surface area contributed by atoms with Crippen molar-refractivity contribution in [1.29, 1.82) is 0 Å². The molecule has 2 nitrogen and oxygen atoms in total. The first kappa shape index (κ1) is 14.8. The summed E-state index contributed by atoms with van der Waals surface area (Å²) in [7, 11) is 0. The maximum absolute atomic E-state index is 4.60. The van der Waals surface area contributed by atoms with Crippen LogP contribution in [0.5, 0.6) is 0 Å². The molecule has 0 bridgehead atoms. The second-order valence-corrected chi connectivity index (χ2v) is 8.40. The van der Waals surface area contributed by atoms with Crippen molar-refractivity contribution < 1.29 is 0 Å². The first-order chi connectivity index (χ1) is 12.1. The lowest BCUT2D eigenvalue weighted by molar-refractivity contribution is 0.660. The number of hydrogen-bond donors (Lipinski definition) is 0. The van der Waals surface area contributed by atoms with E-state index >= 15 is 0 Å². The van der Waals surface area contributed by atoms with Crippen LogP contribution < -0.4 is 0 Å². The number of thiophene rings is 1. The summed E-state index contributed by atoms with van der Waals surface area (Å²) in [4.78, 5) is 11.5. The maximum atomic E-state index is 4.60. The van der Waals surface area contributed by atoms with Gasteiger partial charge in [0.2, 0.25) is 0 Å². The number of rotatable bonds is 1. The minimum absolute atomic E-state index is 0.0235. The summed E-state index contributed by atoms with van der Waals surface area (Å²) in [6, 6.07) is 15.6. The zero-order chi connectivity index (χ0) is 17.2. The van der Waals surface area contributed by atoms with Gasteiger partial charge >= 0.3 is 0 Å². The van der Waals surface area contributed by atoms with Gasteiger partial charge in [0.25, 0.3) is 0 Å². The lowest BCUT2D eigenvalue weighted by Gasteiger charge is -2.21. The van der Waals surface area contributed by atoms with E-state index in [-0.39, 0.29) is 5.41 Å². The largest absolute Gasteiger partial charge is 0.252 e. The third-order valence-corrected chi connectivity index (χ3v) is 6.48. The quantitative estimate of drug-likeness (QED) is 0.426. The molecule has 0 saturated heterocycles. The summed E-state index contributed by atoms with van der Waals surface area (Å²) in [6.45, 7) is 6.76. The minimum atomic E-state index is 0.0235. The molecule has 2 aromatic carbocycles. The molecule has 4 aromatic rings. The van der Waals surface area contributed by atoms with Gasteiger partial charge in [0.15, 0.2) is 0 Å². The van der Waals surface area contributed by atoms with Gasteiger partial charge in [-0.2, -0.15) is 0 Å². The lowest BCUT2D eigenvalue weighted by atomic mass is 9.82. The molecular weight excluding hydrogens is 324 g/mol. The monoisotopic (exact) mass is 342 g/mol. The van der Waals surface area contributed by atoms with Gasteiger partial charge in [-0.1, -0.05) is 50.2 Å². The zero-order valence-electron chi connectivity index (χ0n) is 14.5. The van der Waals surface area contributed by atoms with Gasteiger partial charge in [-0.3, -0.25) is 9.97 Å². The summed E-state index contributed by atoms with van der Waals surface area (Å²) in [5.41, 5.74) is 8.82. The fourth-order valence-electron chi connectivity index (χ4n) is 4.05. The van der Waals surface area contributed by atoms with Crippen LogP contribution in [0.25, 0.3) is 32.6 Å². The molecule has 5 rings (SSSR count). The molecule has 0 spiro atoms. The van der Waals surface area contributed by atoms with Crippen LogP contribution in [0.3, 0.4) is 0 Å². The normalized spacial score (nSPS) is 14.5. The van der Waals surface area contributed by atoms with Crippen LogP contribution in [-0.2, 0) is 5.41 Å². The van der Waals surface area contributed by atoms with Crippen molar-refractivity contribution in [2.75, 3.05) is 0 Å². The SMILES string of the molecule is Cc1sc(-c2ccc3c(c2)C(C)(C)c2ccccc2-3)c2nccnc12. The van der Waals surface area contributed by atoms with Crippen molar-refractivity contribution in [1.82, 2.24) is 9.97 Å². The van der Waals surface area contributed by atoms with Crippen molar-refractivity contribution in [3.8, 4) is 21.6 Å². The molecule has 1 aliphatic rings. The molecule has 2 aromatic heterocycles. The van der Waals surface area contributed by atoms with Crippen LogP contribution in [0.15, 0.2) is 54.9 Å². The number of nitrogens with zero attached hydrogens (tertiary/aromatic N) is 2. The summed E-state index contributed by atoms with van der Waals surface area (Å²) >= 11 is 1.79. The van der Waals surface area contributed by atoms with E-state index in [1.165, 1.54) is 37.6 Å². The third kappa shape index (κ3) is 1.96. The number of hydrogen-bond acceptors (Lipinski definition) is 3. The Balaban J connectivity index is 1.76. The van der Waals surface area contributed by atoms with Gasteiger partial charge in [0.05, 0.1) is 4.88 Å². The van der Waals surface area contributed by atoms with Crippen molar-refractivity contribution in [2.24, 2.45) is 0 Å². The highest BCUT2D eigenvalue weighted by atomic mass is 32.1. The Bertz CT molecular complexity index is 1140. The van der Waals surface area contributed by atoms with Crippen LogP contribution in [-0.4, -0.2) is 9.97 Å². The Kier molecular flexibility index (Phi) is 2.95. The molecule has 2 heterocycles. The van der Waals surface area contributed by atoms with E-state index in [4.69, 9.17) is 0 Å². The number of aromatic nitrogens is 2. The van der Waals surface area contributed by atoms with Crippen LogP contribution in [0.2, 0.25) is 0 Å². The van der Waals surface area contributed by atoms with Crippen LogP contribution >= 0.6 is 11.3 Å². The van der Waals surface area contributed by atoms with E-state index in [9.17, 15) is 0 Å². The fraction of sp³-hybridized carbons (Fsp3) is 0.182. The van der Waals surface area contributed by atoms with E-state index in [2.05, 4.69) is 73.2 Å². The molecule has 0 amide bonds. The highest BCUT2D eigenvalue weighted by Gasteiger charge is 2.35. The number of benzene rings is 2. The second kappa shape index (κ2) is 4.99. The van der Waals surface area contributed by atoms with Gasteiger partial charge in [0, 0.05) is 22.7 Å². The van der Waals surface area contributed by atoms with E-state index in [0.29, 0.717) is 0 Å². The Morgan fingerprint density at radius 1 is 0.840 bits per heavy atom. The molecule has 0 fully saturated rings. The molecule has 0 radical (unpaired) electrons. The summed E-state index contributed by atoms with van der Waals surface area (Å²) in [5, 5.41) is 0. The summed E-state index contributed by atoms with van der Waals surface area (Å²) in [6.07, 6.45) is 3.55. The first-order valence-corrected chi connectivity index (χ1v) is 9.34. The Morgan fingerprint density at radius 2 is 1.56 bits per heavy atom. The molecule has 3 heteroatoms. The average Bonchev–Trinajstić information content (AvgIpc) is 3.09. The second-order valence-electron chi connectivity index (χ2n) is 7.17. The molecule has 122 valence electrons. The summed E-state index contributed by atoms with van der Waals surface area (Å²) < 4.78 is 0. The van der Waals surface area contributed by atoms with Gasteiger partial charge in [-0.15, -0.1) is 11.3 Å². The summed E-state index contributed by atoms with van der Waals surface area (Å²) in [5.74, 6) is 0. The predicted molar refractivity (Wildman–Crippen MR) is 105 cm³/mol. The van der Waals surface area contributed by atoms with Crippen molar-refractivity contribution >= 4 is 22.4 Å². The van der Waals surface area contributed by atoms with Crippen molar-refractivity contribution in [3.05, 3.63) is 70.9 Å². The Labute approximate surface area is 151 Å². The number of fused-ring (bicyclic) bond motifs is 4. The van der Waals surface area contributed by atoms with Gasteiger partial charge < -0.3 is 0 Å². The van der Waals surface area contributed by atoms with E-state index in [1.54, 1.807) is 23.7 Å². The molecule has 1 aliphatic carbocycles. The molecule has 0 saturated carbocycles. The zero-order valence-corrected chi connectivity index (χ0v) is 15.3. The van der Waals surface area contributed by atoms with Crippen LogP contribution in [0.4, 0.5) is 0 Å². The third-order valence-electron chi connectivity index (χ3n) is 5.35. The standard InChI is InChI=1S/C22H18N2S/c1-13-19-20(24-11-10-23-19)21(25-13)14-8-9-16-15-6-4-5-7-17(15)22(2,3)18(16)12-14/h4-12H,1-3H3. The maximum Gasteiger partial charge on any atom is 0.108 e. The van der Waals surface area contributed by atoms with E-state index in [0.717, 1.165) is 11.0 Å². The lowest BCUT2D eigenvalue weighted by Crippen LogP contribution is -2.14. The van der Waals surface area contributed by atoms with Crippen LogP contribution in [0, 0.1) is 6.92 Å². The Hall–Kier alpha value is -2.52. The van der Waals surface area contributed by atoms with E-state index < -0.39 is 0 Å². The van der Waals surface area contributed by atoms with Crippen molar-refractivity contribution in [3.63, 3.8) is 0 Å². The topological polar surface area (TPSA) is 25.8 Å². The van der Waals surface area contributed by atoms with Gasteiger partial charge in [-0.25, -0.2) is 0 Å². The molecule has 0 unspecified atom stereocenters. The number of aryl methyl sites for hydroxylation is 1. The van der Waals surface area contributed by atoms with Gasteiger partial charge in [-0.05, 0) is 40.8 Å². The van der Waals surface area contributed by atoms with Gasteiger partial charge in [0.1, 0.15) is 11.0 Å². The predicted octanol–water partition coefficient (Wildman–Crippen LogP) is 5.97.